The van der Waals surface area contributed by atoms with Gasteiger partial charge in [-0.1, -0.05) is 12.1 Å². The minimum Gasteiger partial charge on any atom is -0.497 e. The second-order valence-corrected chi connectivity index (χ2v) is 6.72. The molecule has 7 nitrogen and oxygen atoms in total. The number of carbonyl (C=O) groups is 1. The zero-order valence-electron chi connectivity index (χ0n) is 16.8. The highest BCUT2D eigenvalue weighted by Gasteiger charge is 2.09. The van der Waals surface area contributed by atoms with Gasteiger partial charge in [0.05, 0.1) is 7.11 Å². The number of anilines is 3. The van der Waals surface area contributed by atoms with E-state index in [1.807, 2.05) is 67.5 Å². The van der Waals surface area contributed by atoms with Crippen LogP contribution < -0.4 is 20.3 Å². The summed E-state index contributed by atoms with van der Waals surface area (Å²) in [6.07, 6.45) is 0.844. The summed E-state index contributed by atoms with van der Waals surface area (Å²) in [6.45, 7) is 0.713. The van der Waals surface area contributed by atoms with Crippen LogP contribution in [0.4, 0.5) is 17.2 Å². The first-order valence-electron chi connectivity index (χ1n) is 9.34. The fourth-order valence-electron chi connectivity index (χ4n) is 2.71. The highest BCUT2D eigenvalue weighted by atomic mass is 16.5. The topological polar surface area (TPSA) is 79.4 Å². The lowest BCUT2D eigenvalue weighted by atomic mass is 10.1. The standard InChI is InChI=1S/C22H25N5O2/c1-27(2)18-8-6-17(7-9-18)24-22(28)20-12-13-21(26-25-20)23-15-14-16-4-10-19(29-3)11-5-16/h4-13H,14-15H2,1-3H3,(H,23,26)(H,24,28). The predicted molar refractivity (Wildman–Crippen MR) is 116 cm³/mol. The minimum atomic E-state index is -0.292. The van der Waals surface area contributed by atoms with E-state index in [-0.39, 0.29) is 11.6 Å². The number of nitrogens with one attached hydrogen (secondary N) is 2. The summed E-state index contributed by atoms with van der Waals surface area (Å²) in [4.78, 5) is 14.3. The number of hydrogen-bond donors (Lipinski definition) is 2. The molecule has 0 spiro atoms. The summed E-state index contributed by atoms with van der Waals surface area (Å²) >= 11 is 0. The smallest absolute Gasteiger partial charge is 0.276 e. The maximum Gasteiger partial charge on any atom is 0.276 e. The van der Waals surface area contributed by atoms with Crippen molar-refractivity contribution in [1.82, 2.24) is 10.2 Å². The summed E-state index contributed by atoms with van der Waals surface area (Å²) in [5.74, 6) is 1.18. The monoisotopic (exact) mass is 391 g/mol. The number of carbonyl (C=O) groups excluding carboxylic acids is 1. The van der Waals surface area contributed by atoms with Crippen molar-refractivity contribution in [3.63, 3.8) is 0 Å². The van der Waals surface area contributed by atoms with E-state index >= 15 is 0 Å². The summed E-state index contributed by atoms with van der Waals surface area (Å²) in [6, 6.07) is 19.0. The van der Waals surface area contributed by atoms with E-state index in [1.165, 1.54) is 5.56 Å². The van der Waals surface area contributed by atoms with Crippen LogP contribution in [0.25, 0.3) is 0 Å². The van der Waals surface area contributed by atoms with E-state index in [2.05, 4.69) is 20.8 Å². The van der Waals surface area contributed by atoms with Gasteiger partial charge < -0.3 is 20.3 Å². The van der Waals surface area contributed by atoms with E-state index in [0.717, 1.165) is 17.9 Å². The Kier molecular flexibility index (Phi) is 6.63. The average molecular weight is 391 g/mol. The molecule has 3 aromatic rings. The van der Waals surface area contributed by atoms with Crippen LogP contribution >= 0.6 is 0 Å². The molecule has 3 rings (SSSR count). The van der Waals surface area contributed by atoms with Crippen LogP contribution in [0.1, 0.15) is 16.1 Å². The molecule has 0 radical (unpaired) electrons. The Hall–Kier alpha value is -3.61. The largest absolute Gasteiger partial charge is 0.497 e. The molecule has 29 heavy (non-hydrogen) atoms. The van der Waals surface area contributed by atoms with Gasteiger partial charge in [0.2, 0.25) is 0 Å². The maximum atomic E-state index is 12.3. The molecular formula is C22H25N5O2. The first-order valence-corrected chi connectivity index (χ1v) is 9.34. The lowest BCUT2D eigenvalue weighted by Crippen LogP contribution is -2.15. The number of rotatable bonds is 8. The molecule has 1 heterocycles. The number of amides is 1. The molecule has 2 aromatic carbocycles. The molecule has 2 N–H and O–H groups in total. The Labute approximate surface area is 170 Å². The van der Waals surface area contributed by atoms with Crippen molar-refractivity contribution in [3.05, 3.63) is 71.9 Å². The molecule has 0 aliphatic heterocycles. The van der Waals surface area contributed by atoms with E-state index in [1.54, 1.807) is 19.2 Å². The third kappa shape index (κ3) is 5.68. The fourth-order valence-corrected chi connectivity index (χ4v) is 2.71. The quantitative estimate of drug-likeness (QED) is 0.612. The maximum absolute atomic E-state index is 12.3. The lowest BCUT2D eigenvalue weighted by Gasteiger charge is -2.13. The molecule has 0 saturated heterocycles. The molecule has 1 amide bonds. The Balaban J connectivity index is 1.50. The van der Waals surface area contributed by atoms with Crippen molar-refractivity contribution >= 4 is 23.1 Å². The van der Waals surface area contributed by atoms with Crippen molar-refractivity contribution in [2.24, 2.45) is 0 Å². The van der Waals surface area contributed by atoms with Crippen LogP contribution in [-0.4, -0.2) is 43.9 Å². The van der Waals surface area contributed by atoms with Crippen molar-refractivity contribution < 1.29 is 9.53 Å². The Morgan fingerprint density at radius 3 is 2.28 bits per heavy atom. The molecule has 0 atom stereocenters. The third-order valence-corrected chi connectivity index (χ3v) is 4.42. The molecule has 0 unspecified atom stereocenters. The third-order valence-electron chi connectivity index (χ3n) is 4.42. The van der Waals surface area contributed by atoms with Gasteiger partial charge in [-0.15, -0.1) is 10.2 Å². The van der Waals surface area contributed by atoms with Crippen LogP contribution in [-0.2, 0) is 6.42 Å². The van der Waals surface area contributed by atoms with Gasteiger partial charge in [0.15, 0.2) is 5.69 Å². The van der Waals surface area contributed by atoms with Crippen molar-refractivity contribution in [3.8, 4) is 5.75 Å². The van der Waals surface area contributed by atoms with E-state index < -0.39 is 0 Å². The molecule has 0 saturated carbocycles. The van der Waals surface area contributed by atoms with Crippen molar-refractivity contribution in [1.29, 1.82) is 0 Å². The van der Waals surface area contributed by atoms with Gasteiger partial charge in [-0.3, -0.25) is 4.79 Å². The number of hydrogen-bond acceptors (Lipinski definition) is 6. The minimum absolute atomic E-state index is 0.266. The normalized spacial score (nSPS) is 10.3. The Morgan fingerprint density at radius 2 is 1.69 bits per heavy atom. The zero-order chi connectivity index (χ0) is 20.6. The summed E-state index contributed by atoms with van der Waals surface area (Å²) in [5.41, 5.74) is 3.24. The lowest BCUT2D eigenvalue weighted by molar-refractivity contribution is 0.102. The van der Waals surface area contributed by atoms with E-state index in [9.17, 15) is 4.79 Å². The van der Waals surface area contributed by atoms with Crippen LogP contribution in [0, 0.1) is 0 Å². The van der Waals surface area contributed by atoms with Gasteiger partial charge in [0, 0.05) is 32.0 Å². The van der Waals surface area contributed by atoms with Crippen LogP contribution in [0.3, 0.4) is 0 Å². The highest BCUT2D eigenvalue weighted by Crippen LogP contribution is 2.16. The van der Waals surface area contributed by atoms with Crippen LogP contribution in [0.2, 0.25) is 0 Å². The molecular weight excluding hydrogens is 366 g/mol. The van der Waals surface area contributed by atoms with Gasteiger partial charge >= 0.3 is 0 Å². The second-order valence-electron chi connectivity index (χ2n) is 6.72. The highest BCUT2D eigenvalue weighted by molar-refractivity contribution is 6.02. The zero-order valence-corrected chi connectivity index (χ0v) is 16.8. The van der Waals surface area contributed by atoms with Crippen molar-refractivity contribution in [2.45, 2.75) is 6.42 Å². The number of aromatic nitrogens is 2. The first kappa shape index (κ1) is 20.1. The fraction of sp³-hybridized carbons (Fsp3) is 0.227. The van der Waals surface area contributed by atoms with E-state index in [4.69, 9.17) is 4.74 Å². The van der Waals surface area contributed by atoms with Gasteiger partial charge in [0.1, 0.15) is 11.6 Å². The average Bonchev–Trinajstić information content (AvgIpc) is 2.75. The summed E-state index contributed by atoms with van der Waals surface area (Å²) in [7, 11) is 5.59. The van der Waals surface area contributed by atoms with E-state index in [0.29, 0.717) is 18.1 Å². The Morgan fingerprint density at radius 1 is 0.966 bits per heavy atom. The molecule has 0 aliphatic carbocycles. The number of benzene rings is 2. The second kappa shape index (κ2) is 9.54. The number of methoxy groups -OCH3 is 1. The van der Waals surface area contributed by atoms with Crippen molar-refractivity contribution in [2.75, 3.05) is 43.3 Å². The molecule has 7 heteroatoms. The van der Waals surface area contributed by atoms with Gasteiger partial charge in [0.25, 0.3) is 5.91 Å². The number of ether oxygens (including phenoxy) is 1. The van der Waals surface area contributed by atoms with Gasteiger partial charge in [-0.25, -0.2) is 0 Å². The van der Waals surface area contributed by atoms with Gasteiger partial charge in [-0.2, -0.15) is 0 Å². The van der Waals surface area contributed by atoms with Crippen LogP contribution in [0.15, 0.2) is 60.7 Å². The molecule has 0 bridgehead atoms. The molecule has 150 valence electrons. The summed E-state index contributed by atoms with van der Waals surface area (Å²) < 4.78 is 5.16. The SMILES string of the molecule is COc1ccc(CCNc2ccc(C(=O)Nc3ccc(N(C)C)cc3)nn2)cc1. The summed E-state index contributed by atoms with van der Waals surface area (Å²) in [5, 5.41) is 14.1. The number of nitrogens with zero attached hydrogens (tertiary/aromatic N) is 3. The predicted octanol–water partition coefficient (Wildman–Crippen LogP) is 3.46. The Bertz CT molecular complexity index is 923. The molecule has 0 fully saturated rings. The first-order chi connectivity index (χ1) is 14.0. The van der Waals surface area contributed by atoms with Gasteiger partial charge in [-0.05, 0) is 60.5 Å². The molecule has 0 aliphatic rings. The molecule has 1 aromatic heterocycles. The van der Waals surface area contributed by atoms with Crippen LogP contribution in [0.5, 0.6) is 5.75 Å².